The molecule has 3 rings (SSSR count). The highest BCUT2D eigenvalue weighted by molar-refractivity contribution is 7.99. The number of rotatable bonds is 18. The number of alkyl carbamates (subject to hydrolysis) is 1. The summed E-state index contributed by atoms with van der Waals surface area (Å²) in [7, 11) is 0. The third-order valence-corrected chi connectivity index (χ3v) is 11.1. The minimum absolute atomic E-state index is 0.0756. The molecule has 1 aromatic carbocycles. The molecule has 0 saturated heterocycles. The van der Waals surface area contributed by atoms with Gasteiger partial charge in [-0.05, 0) is 78.2 Å². The van der Waals surface area contributed by atoms with Crippen LogP contribution in [-0.4, -0.2) is 90.0 Å². The number of carbonyl (C=O) groups excluding carboxylic acids is 4. The molecule has 0 spiro atoms. The van der Waals surface area contributed by atoms with E-state index >= 15 is 4.79 Å². The summed E-state index contributed by atoms with van der Waals surface area (Å²) in [4.78, 5) is 61.5. The van der Waals surface area contributed by atoms with Gasteiger partial charge in [-0.15, -0.1) is 0 Å². The first-order valence-electron chi connectivity index (χ1n) is 20.5. The van der Waals surface area contributed by atoms with Gasteiger partial charge in [0, 0.05) is 30.0 Å². The first-order chi connectivity index (χ1) is 26.3. The molecular weight excluding hydrogens is 731 g/mol. The molecule has 12 nitrogen and oxygen atoms in total. The standard InChI is InChI=1S/C43H69N5O7S/c1-10-17-33(22-29(2)3)56-27-37(49)36(24-31-20-15-12-16-21-31)48(38(50)34(44)25-32-26-47(28-45-32)41(53)55-43(7,8)9)39(51)35(23-30-18-13-11-14-19-30)46-40(52)54-42(4,5)6/h11,13-14,18-19,26,28-29,31,33-37,49H,10,12,15-17,20-25,27,44H2,1-9H3,(H,46,52)/t33-,34-,35-,36-,37-/m0/s1. The van der Waals surface area contributed by atoms with E-state index in [-0.39, 0.29) is 18.8 Å². The molecule has 314 valence electrons. The van der Waals surface area contributed by atoms with E-state index < -0.39 is 59.4 Å². The van der Waals surface area contributed by atoms with Gasteiger partial charge in [0.05, 0.1) is 23.9 Å². The molecule has 4 N–H and O–H groups in total. The molecule has 2 aromatic rings. The van der Waals surface area contributed by atoms with E-state index in [1.807, 2.05) is 30.3 Å². The fourth-order valence-corrected chi connectivity index (χ4v) is 8.75. The average molecular weight is 800 g/mol. The van der Waals surface area contributed by atoms with E-state index in [9.17, 15) is 19.5 Å². The van der Waals surface area contributed by atoms with Gasteiger partial charge in [-0.3, -0.25) is 14.5 Å². The number of nitrogens with zero attached hydrogens (tertiary/aromatic N) is 3. The van der Waals surface area contributed by atoms with Crippen LogP contribution in [0.15, 0.2) is 42.9 Å². The topological polar surface area (TPSA) is 166 Å². The molecule has 13 heteroatoms. The second-order valence-electron chi connectivity index (χ2n) is 17.7. The van der Waals surface area contributed by atoms with Gasteiger partial charge in [-0.1, -0.05) is 89.6 Å². The monoisotopic (exact) mass is 799 g/mol. The first kappa shape index (κ1) is 47.0. The minimum Gasteiger partial charge on any atom is -0.444 e. The summed E-state index contributed by atoms with van der Waals surface area (Å²) in [5.41, 5.74) is 6.25. The van der Waals surface area contributed by atoms with Crippen molar-refractivity contribution in [3.8, 4) is 0 Å². The lowest BCUT2D eigenvalue weighted by Gasteiger charge is -2.39. The van der Waals surface area contributed by atoms with E-state index in [2.05, 4.69) is 31.1 Å². The normalized spacial score (nSPS) is 16.7. The second-order valence-corrected chi connectivity index (χ2v) is 19.1. The maximum absolute atomic E-state index is 15.1. The molecule has 1 aliphatic carbocycles. The number of ether oxygens (including phenoxy) is 2. The van der Waals surface area contributed by atoms with Crippen molar-refractivity contribution in [2.45, 2.75) is 174 Å². The van der Waals surface area contributed by atoms with Gasteiger partial charge in [0.25, 0.3) is 5.91 Å². The van der Waals surface area contributed by atoms with Crippen LogP contribution >= 0.6 is 11.8 Å². The summed E-state index contributed by atoms with van der Waals surface area (Å²) in [6.45, 7) is 17.0. The Labute approximate surface area is 339 Å². The zero-order chi connectivity index (χ0) is 41.6. The quantitative estimate of drug-likeness (QED) is 0.136. The van der Waals surface area contributed by atoms with E-state index in [1.54, 1.807) is 53.3 Å². The molecule has 0 aliphatic heterocycles. The number of amides is 3. The predicted octanol–water partition coefficient (Wildman–Crippen LogP) is 7.68. The average Bonchev–Trinajstić information content (AvgIpc) is 3.57. The summed E-state index contributed by atoms with van der Waals surface area (Å²) in [6, 6.07) is 5.87. The number of aliphatic hydroxyl groups is 1. The highest BCUT2D eigenvalue weighted by Crippen LogP contribution is 2.33. The van der Waals surface area contributed by atoms with Crippen LogP contribution in [0.25, 0.3) is 0 Å². The van der Waals surface area contributed by atoms with Crippen molar-refractivity contribution in [3.63, 3.8) is 0 Å². The van der Waals surface area contributed by atoms with E-state index in [0.717, 1.165) is 61.8 Å². The third kappa shape index (κ3) is 16.2. The Bertz CT molecular complexity index is 1530. The lowest BCUT2D eigenvalue weighted by atomic mass is 9.83. The van der Waals surface area contributed by atoms with E-state index in [4.69, 9.17) is 15.2 Å². The zero-order valence-electron chi connectivity index (χ0n) is 35.3. The van der Waals surface area contributed by atoms with Crippen molar-refractivity contribution in [1.29, 1.82) is 0 Å². The molecule has 1 aromatic heterocycles. The largest absolute Gasteiger partial charge is 0.444 e. The number of benzene rings is 1. The number of thioether (sulfide) groups is 1. The summed E-state index contributed by atoms with van der Waals surface area (Å²) >= 11 is 1.69. The highest BCUT2D eigenvalue weighted by Gasteiger charge is 2.42. The van der Waals surface area contributed by atoms with Crippen molar-refractivity contribution >= 4 is 35.8 Å². The van der Waals surface area contributed by atoms with E-state index in [0.29, 0.717) is 29.0 Å². The molecule has 56 heavy (non-hydrogen) atoms. The third-order valence-electron chi connectivity index (χ3n) is 9.66. The fourth-order valence-electron chi connectivity index (χ4n) is 7.14. The predicted molar refractivity (Wildman–Crippen MR) is 222 cm³/mol. The lowest BCUT2D eigenvalue weighted by molar-refractivity contribution is -0.153. The lowest BCUT2D eigenvalue weighted by Crippen LogP contribution is -2.61. The number of imide groups is 1. The minimum atomic E-state index is -1.26. The Morgan fingerprint density at radius 2 is 1.62 bits per heavy atom. The van der Waals surface area contributed by atoms with Crippen LogP contribution in [0.4, 0.5) is 9.59 Å². The Balaban J connectivity index is 2.08. The number of nitrogens with two attached hydrogens (primary N) is 1. The molecule has 5 atom stereocenters. The number of carbonyl (C=O) groups is 4. The second kappa shape index (κ2) is 21.9. The molecule has 1 aliphatic rings. The van der Waals surface area contributed by atoms with Gasteiger partial charge in [0.1, 0.15) is 23.6 Å². The highest BCUT2D eigenvalue weighted by atomic mass is 32.2. The van der Waals surface area contributed by atoms with Crippen molar-refractivity contribution in [2.75, 3.05) is 5.75 Å². The molecule has 0 radical (unpaired) electrons. The summed E-state index contributed by atoms with van der Waals surface area (Å²) in [5, 5.41) is 15.3. The number of aromatic nitrogens is 2. The van der Waals surface area contributed by atoms with Crippen LogP contribution in [0.5, 0.6) is 0 Å². The SMILES string of the molecule is CCC[C@@H](CC(C)C)SC[C@H](O)[C@H](CC1CCCCC1)N(C(=O)[C@H](Cc1ccccc1)NC(=O)OC(C)(C)C)C(=O)[C@@H](N)Cc1cn(C(=O)OC(C)(C)C)cn1. The smallest absolute Gasteiger partial charge is 0.419 e. The Morgan fingerprint density at radius 3 is 2.21 bits per heavy atom. The van der Waals surface area contributed by atoms with E-state index in [1.165, 1.54) is 17.1 Å². The Morgan fingerprint density at radius 1 is 0.982 bits per heavy atom. The Hall–Kier alpha value is -3.42. The summed E-state index contributed by atoms with van der Waals surface area (Å²) in [6.07, 6.45) is 8.71. The van der Waals surface area contributed by atoms with Gasteiger partial charge in [-0.25, -0.2) is 19.1 Å². The van der Waals surface area contributed by atoms with Crippen LogP contribution in [0.3, 0.4) is 0 Å². The molecule has 1 heterocycles. The van der Waals surface area contributed by atoms with Crippen molar-refractivity contribution in [3.05, 3.63) is 54.1 Å². The van der Waals surface area contributed by atoms with Crippen LogP contribution in [0.1, 0.15) is 131 Å². The Kier molecular flexibility index (Phi) is 18.4. The van der Waals surface area contributed by atoms with Crippen molar-refractivity contribution < 1.29 is 33.8 Å². The van der Waals surface area contributed by atoms with Gasteiger partial charge in [0.2, 0.25) is 5.91 Å². The molecular formula is C43H69N5O7S. The number of imidazole rings is 1. The van der Waals surface area contributed by atoms with Gasteiger partial charge < -0.3 is 25.6 Å². The molecule has 3 amide bonds. The van der Waals surface area contributed by atoms with Crippen LogP contribution in [-0.2, 0) is 31.9 Å². The first-order valence-corrected chi connectivity index (χ1v) is 21.5. The number of hydrogen-bond donors (Lipinski definition) is 3. The number of hydrogen-bond acceptors (Lipinski definition) is 10. The zero-order valence-corrected chi connectivity index (χ0v) is 36.1. The molecule has 0 unspecified atom stereocenters. The van der Waals surface area contributed by atoms with Gasteiger partial charge >= 0.3 is 12.2 Å². The summed E-state index contributed by atoms with van der Waals surface area (Å²) in [5.74, 6) is -0.377. The summed E-state index contributed by atoms with van der Waals surface area (Å²) < 4.78 is 12.2. The van der Waals surface area contributed by atoms with Crippen molar-refractivity contribution in [1.82, 2.24) is 19.8 Å². The van der Waals surface area contributed by atoms with Crippen LogP contribution < -0.4 is 11.1 Å². The van der Waals surface area contributed by atoms with Crippen LogP contribution in [0.2, 0.25) is 0 Å². The van der Waals surface area contributed by atoms with Gasteiger partial charge in [-0.2, -0.15) is 11.8 Å². The fraction of sp³-hybridized carbons (Fsp3) is 0.698. The van der Waals surface area contributed by atoms with Gasteiger partial charge in [0.15, 0.2) is 0 Å². The number of nitrogens with one attached hydrogen (secondary N) is 1. The molecule has 1 saturated carbocycles. The number of aliphatic hydroxyl groups excluding tert-OH is 1. The molecule has 0 bridgehead atoms. The van der Waals surface area contributed by atoms with Crippen LogP contribution in [0, 0.1) is 11.8 Å². The maximum Gasteiger partial charge on any atom is 0.419 e. The van der Waals surface area contributed by atoms with Crippen molar-refractivity contribution in [2.24, 2.45) is 17.6 Å². The maximum atomic E-state index is 15.1. The molecule has 1 fully saturated rings.